The van der Waals surface area contributed by atoms with E-state index in [-0.39, 0.29) is 80.7 Å². The molecule has 0 aliphatic carbocycles. The number of nitrogens with one attached hydrogen (secondary N) is 1. The number of carboxylic acids is 1. The summed E-state index contributed by atoms with van der Waals surface area (Å²) in [5.41, 5.74) is -0.0204. The summed E-state index contributed by atoms with van der Waals surface area (Å²) in [4.78, 5) is 37.4. The first-order chi connectivity index (χ1) is 11.0. The zero-order valence-electron chi connectivity index (χ0n) is 12.9. The van der Waals surface area contributed by atoms with Crippen molar-refractivity contribution in [3.63, 3.8) is 0 Å². The Morgan fingerprint density at radius 2 is 2.21 bits per heavy atom. The smallest absolute Gasteiger partial charge is 0.543 e. The molecule has 0 spiro atoms. The number of hydrogen-bond acceptors (Lipinski definition) is 7. The Balaban J connectivity index is 0.00000208. The van der Waals surface area contributed by atoms with Crippen LogP contribution in [-0.2, 0) is 20.8 Å². The van der Waals surface area contributed by atoms with Gasteiger partial charge in [-0.1, -0.05) is 6.07 Å². The molecule has 0 bridgehead atoms. The number of aliphatic hydroxyl groups is 1. The number of aliphatic carboxylic acids is 1. The Morgan fingerprint density at radius 3 is 2.79 bits per heavy atom. The summed E-state index contributed by atoms with van der Waals surface area (Å²) in [6, 6.07) is 2.93. The molecule has 2 amide bonds. The average Bonchev–Trinajstić information content (AvgIpc) is 3.03. The van der Waals surface area contributed by atoms with E-state index in [1.165, 1.54) is 23.1 Å². The van der Waals surface area contributed by atoms with Gasteiger partial charge in [0.1, 0.15) is 11.4 Å². The molecule has 2 aliphatic heterocycles. The predicted octanol–water partition coefficient (Wildman–Crippen LogP) is -4.31. The summed E-state index contributed by atoms with van der Waals surface area (Å²) < 4.78 is 0. The standard InChI is InChI=1S/C14H14N2O5S2.K/c17-5-7-6-23-13-10(12(19)16(13)11(7)14(20)21)15-9(18)4-8-2-1-3-22-8;/h1-3,10,13,17H,4-6H2,(H,15,18)(H,20,21);/q;+1/p-1/t10?,13-;/m0./s1. The Morgan fingerprint density at radius 1 is 1.46 bits per heavy atom. The third-order valence-electron chi connectivity index (χ3n) is 3.66. The molecule has 3 heterocycles. The van der Waals surface area contributed by atoms with Gasteiger partial charge in [-0.25, -0.2) is 0 Å². The first-order valence-electron chi connectivity index (χ1n) is 6.83. The van der Waals surface area contributed by atoms with Crippen LogP contribution in [0.25, 0.3) is 0 Å². The number of amides is 2. The summed E-state index contributed by atoms with van der Waals surface area (Å²) >= 11 is 2.77. The number of fused-ring (bicyclic) bond motifs is 1. The normalized spacial score (nSPS) is 22.4. The Bertz CT molecular complexity index is 691. The van der Waals surface area contributed by atoms with Gasteiger partial charge < -0.3 is 20.3 Å². The van der Waals surface area contributed by atoms with Gasteiger partial charge in [0.05, 0.1) is 24.7 Å². The molecule has 2 N–H and O–H groups in total. The number of nitrogens with zero attached hydrogens (tertiary/aromatic N) is 1. The number of rotatable bonds is 5. The minimum Gasteiger partial charge on any atom is -0.543 e. The Labute approximate surface area is 188 Å². The molecule has 0 aromatic carbocycles. The van der Waals surface area contributed by atoms with E-state index in [4.69, 9.17) is 0 Å². The summed E-state index contributed by atoms with van der Waals surface area (Å²) in [6.45, 7) is -0.442. The van der Waals surface area contributed by atoms with Crippen molar-refractivity contribution >= 4 is 40.9 Å². The molecule has 122 valence electrons. The number of thioether (sulfide) groups is 1. The number of carbonyl (C=O) groups excluding carboxylic acids is 3. The second-order valence-electron chi connectivity index (χ2n) is 5.11. The van der Waals surface area contributed by atoms with Crippen molar-refractivity contribution in [2.24, 2.45) is 0 Å². The molecular weight excluding hydrogens is 379 g/mol. The molecule has 7 nitrogen and oxygen atoms in total. The first kappa shape index (κ1) is 20.1. The SMILES string of the molecule is O=C(Cc1cccs1)NC1C(=O)N2C(C(=O)[O-])=C(CO)CS[C@@H]12.[K+]. The van der Waals surface area contributed by atoms with E-state index in [0.29, 0.717) is 0 Å². The van der Waals surface area contributed by atoms with Crippen LogP contribution < -0.4 is 61.8 Å². The van der Waals surface area contributed by atoms with Crippen LogP contribution in [0.4, 0.5) is 0 Å². The second-order valence-corrected chi connectivity index (χ2v) is 7.25. The molecule has 1 fully saturated rings. The van der Waals surface area contributed by atoms with Crippen LogP contribution in [0.15, 0.2) is 28.8 Å². The van der Waals surface area contributed by atoms with Gasteiger partial charge in [0, 0.05) is 10.6 Å². The molecule has 1 aromatic rings. The van der Waals surface area contributed by atoms with Crippen LogP contribution in [0.5, 0.6) is 0 Å². The van der Waals surface area contributed by atoms with Crippen LogP contribution in [0.2, 0.25) is 0 Å². The summed E-state index contributed by atoms with van der Waals surface area (Å²) in [5, 5.41) is 24.5. The predicted molar refractivity (Wildman–Crippen MR) is 82.2 cm³/mol. The van der Waals surface area contributed by atoms with Crippen LogP contribution in [0.3, 0.4) is 0 Å². The monoisotopic (exact) mass is 392 g/mol. The second kappa shape index (κ2) is 8.45. The van der Waals surface area contributed by atoms with Gasteiger partial charge in [-0.3, -0.25) is 14.5 Å². The van der Waals surface area contributed by atoms with Gasteiger partial charge in [0.25, 0.3) is 5.91 Å². The van der Waals surface area contributed by atoms with Gasteiger partial charge in [-0.2, -0.15) is 0 Å². The fourth-order valence-corrected chi connectivity index (χ4v) is 4.63. The van der Waals surface area contributed by atoms with Gasteiger partial charge in [-0.15, -0.1) is 23.1 Å². The van der Waals surface area contributed by atoms with Gasteiger partial charge in [0.2, 0.25) is 5.91 Å². The maximum atomic E-state index is 12.2. The number of carboxylic acid groups (broad SMARTS) is 1. The molecule has 0 saturated carbocycles. The van der Waals surface area contributed by atoms with Crippen LogP contribution in [-0.4, -0.2) is 51.6 Å². The third kappa shape index (κ3) is 3.80. The van der Waals surface area contributed by atoms with E-state index in [9.17, 15) is 24.6 Å². The maximum Gasteiger partial charge on any atom is 1.00 e. The van der Waals surface area contributed by atoms with Crippen molar-refractivity contribution in [1.29, 1.82) is 0 Å². The van der Waals surface area contributed by atoms with Gasteiger partial charge >= 0.3 is 51.4 Å². The largest absolute Gasteiger partial charge is 1.00 e. The zero-order valence-corrected chi connectivity index (χ0v) is 17.6. The number of β-lactam (4-membered cyclic amide) rings is 1. The zero-order chi connectivity index (χ0) is 16.6. The van der Waals surface area contributed by atoms with Crippen molar-refractivity contribution in [2.45, 2.75) is 17.8 Å². The quantitative estimate of drug-likeness (QED) is 0.388. The molecule has 1 unspecified atom stereocenters. The molecule has 24 heavy (non-hydrogen) atoms. The molecule has 2 aliphatic rings. The molecule has 0 radical (unpaired) electrons. The summed E-state index contributed by atoms with van der Waals surface area (Å²) in [5.74, 6) is -1.98. The summed E-state index contributed by atoms with van der Waals surface area (Å²) in [6.07, 6.45) is 0.184. The van der Waals surface area contributed by atoms with Crippen LogP contribution in [0, 0.1) is 0 Å². The van der Waals surface area contributed by atoms with Crippen LogP contribution in [0.1, 0.15) is 4.88 Å². The Kier molecular flexibility index (Phi) is 7.08. The van der Waals surface area contributed by atoms with Crippen molar-refractivity contribution in [1.82, 2.24) is 10.2 Å². The topological polar surface area (TPSA) is 110 Å². The number of thiophene rings is 1. The fraction of sp³-hybridized carbons (Fsp3) is 0.357. The van der Waals surface area contributed by atoms with E-state index in [1.54, 1.807) is 0 Å². The van der Waals surface area contributed by atoms with E-state index in [1.807, 2.05) is 17.5 Å². The van der Waals surface area contributed by atoms with Crippen molar-refractivity contribution in [3.05, 3.63) is 33.7 Å². The number of aliphatic hydroxyl groups excluding tert-OH is 1. The molecule has 10 heteroatoms. The van der Waals surface area contributed by atoms with Crippen molar-refractivity contribution in [2.75, 3.05) is 12.4 Å². The molecular formula is C14H13KN2O5S2. The van der Waals surface area contributed by atoms with E-state index in [2.05, 4.69) is 5.32 Å². The third-order valence-corrected chi connectivity index (χ3v) is 5.88. The first-order valence-corrected chi connectivity index (χ1v) is 8.76. The summed E-state index contributed by atoms with van der Waals surface area (Å²) in [7, 11) is 0. The fourth-order valence-electron chi connectivity index (χ4n) is 2.59. The minimum absolute atomic E-state index is 0. The Hall–Kier alpha value is -0.204. The number of carbonyl (C=O) groups is 3. The molecule has 1 saturated heterocycles. The van der Waals surface area contributed by atoms with Crippen LogP contribution >= 0.6 is 23.1 Å². The number of hydrogen-bond donors (Lipinski definition) is 2. The maximum absolute atomic E-state index is 12.2. The van der Waals surface area contributed by atoms with Gasteiger partial charge in [-0.05, 0) is 17.0 Å². The molecule has 2 atom stereocenters. The molecule has 1 aromatic heterocycles. The van der Waals surface area contributed by atoms with E-state index < -0.39 is 29.9 Å². The van der Waals surface area contributed by atoms with E-state index in [0.717, 1.165) is 9.78 Å². The van der Waals surface area contributed by atoms with Crippen molar-refractivity contribution < 1.29 is 76.0 Å². The minimum atomic E-state index is -1.49. The molecule has 3 rings (SSSR count). The average molecular weight is 392 g/mol. The van der Waals surface area contributed by atoms with E-state index >= 15 is 0 Å². The van der Waals surface area contributed by atoms with Gasteiger partial charge in [0.15, 0.2) is 0 Å². The van der Waals surface area contributed by atoms with Crippen molar-refractivity contribution in [3.8, 4) is 0 Å².